The fourth-order valence-corrected chi connectivity index (χ4v) is 3.60. The van der Waals surface area contributed by atoms with Gasteiger partial charge in [0, 0.05) is 36.1 Å². The number of rotatable bonds is 4. The van der Waals surface area contributed by atoms with E-state index in [0.717, 1.165) is 28.0 Å². The van der Waals surface area contributed by atoms with Gasteiger partial charge < -0.3 is 25.0 Å². The number of carbonyl (C=O) groups is 2. The summed E-state index contributed by atoms with van der Waals surface area (Å²) in [6.07, 6.45) is 4.13. The van der Waals surface area contributed by atoms with Crippen molar-refractivity contribution in [3.63, 3.8) is 0 Å². The van der Waals surface area contributed by atoms with Crippen LogP contribution in [0, 0.1) is 0 Å². The van der Waals surface area contributed by atoms with Gasteiger partial charge in [0.05, 0.1) is 11.3 Å². The van der Waals surface area contributed by atoms with E-state index in [-0.39, 0.29) is 11.7 Å². The minimum atomic E-state index is -0.970. The highest BCUT2D eigenvalue weighted by molar-refractivity contribution is 5.95. The maximum absolute atomic E-state index is 12.3. The number of hydrogen-bond donors (Lipinski definition) is 3. The van der Waals surface area contributed by atoms with Crippen LogP contribution in [0.2, 0.25) is 0 Å². The molecule has 0 spiro atoms. The SMILES string of the molecule is CC(C)(C)OC(=O)N1CC=C(c2cc3c(Nc4cccc(C(=O)O)c4)ccnc3[nH]2)CC1. The lowest BCUT2D eigenvalue weighted by atomic mass is 10.0. The van der Waals surface area contributed by atoms with Crippen LogP contribution in [0.5, 0.6) is 0 Å². The summed E-state index contributed by atoms with van der Waals surface area (Å²) in [5.41, 5.74) is 4.01. The number of amides is 1. The van der Waals surface area contributed by atoms with Crippen molar-refractivity contribution < 1.29 is 19.4 Å². The highest BCUT2D eigenvalue weighted by Gasteiger charge is 2.24. The Morgan fingerprint density at radius 1 is 1.22 bits per heavy atom. The Kier molecular flexibility index (Phi) is 5.61. The molecule has 0 bridgehead atoms. The number of nitrogens with one attached hydrogen (secondary N) is 2. The Bertz CT molecular complexity index is 1210. The van der Waals surface area contributed by atoms with Gasteiger partial charge in [-0.2, -0.15) is 0 Å². The Hall–Kier alpha value is -3.81. The molecule has 0 unspecified atom stereocenters. The Morgan fingerprint density at radius 3 is 2.72 bits per heavy atom. The summed E-state index contributed by atoms with van der Waals surface area (Å²) in [4.78, 5) is 33.0. The lowest BCUT2D eigenvalue weighted by Crippen LogP contribution is -2.39. The standard InChI is InChI=1S/C24H26N4O4/c1-24(2,3)32-23(31)28-11-8-15(9-12-28)20-14-18-19(7-10-25-21(18)27-20)26-17-6-4-5-16(13-17)22(29)30/h4-8,10,13-14H,9,11-12H2,1-3H3,(H,29,30)(H2,25,26,27). The highest BCUT2D eigenvalue weighted by Crippen LogP contribution is 2.30. The number of ether oxygens (including phenoxy) is 1. The van der Waals surface area contributed by atoms with Crippen molar-refractivity contribution in [1.29, 1.82) is 0 Å². The molecule has 0 radical (unpaired) electrons. The van der Waals surface area contributed by atoms with Crippen molar-refractivity contribution >= 4 is 40.0 Å². The lowest BCUT2D eigenvalue weighted by molar-refractivity contribution is 0.0270. The van der Waals surface area contributed by atoms with Gasteiger partial charge in [-0.1, -0.05) is 12.1 Å². The largest absolute Gasteiger partial charge is 0.478 e. The average molecular weight is 434 g/mol. The molecule has 0 atom stereocenters. The predicted octanol–water partition coefficient (Wildman–Crippen LogP) is 5.03. The van der Waals surface area contributed by atoms with Crippen LogP contribution in [0.4, 0.5) is 16.2 Å². The van der Waals surface area contributed by atoms with E-state index in [1.54, 1.807) is 29.3 Å². The summed E-state index contributed by atoms with van der Waals surface area (Å²) in [6.45, 7) is 6.64. The normalized spacial score (nSPS) is 14.2. The maximum atomic E-state index is 12.3. The molecule has 32 heavy (non-hydrogen) atoms. The van der Waals surface area contributed by atoms with E-state index in [1.807, 2.05) is 45.0 Å². The van der Waals surface area contributed by atoms with Crippen molar-refractivity contribution in [1.82, 2.24) is 14.9 Å². The van der Waals surface area contributed by atoms with Crippen LogP contribution in [-0.4, -0.2) is 50.7 Å². The zero-order chi connectivity index (χ0) is 22.9. The molecule has 1 aromatic carbocycles. The molecule has 2 aromatic heterocycles. The Morgan fingerprint density at radius 2 is 2.03 bits per heavy atom. The first-order chi connectivity index (χ1) is 15.2. The molecule has 0 saturated carbocycles. The molecule has 8 heteroatoms. The number of carboxylic acids is 1. The smallest absolute Gasteiger partial charge is 0.410 e. The summed E-state index contributed by atoms with van der Waals surface area (Å²) in [5, 5.41) is 13.4. The first-order valence-corrected chi connectivity index (χ1v) is 10.4. The van der Waals surface area contributed by atoms with Crippen molar-refractivity contribution in [2.45, 2.75) is 32.8 Å². The second-order valence-corrected chi connectivity index (χ2v) is 8.72. The average Bonchev–Trinajstić information content (AvgIpc) is 3.18. The van der Waals surface area contributed by atoms with Crippen LogP contribution in [0.1, 0.15) is 43.2 Å². The maximum Gasteiger partial charge on any atom is 0.410 e. The lowest BCUT2D eigenvalue weighted by Gasteiger charge is -2.29. The van der Waals surface area contributed by atoms with Gasteiger partial charge in [0.25, 0.3) is 0 Å². The number of aromatic amines is 1. The zero-order valence-corrected chi connectivity index (χ0v) is 18.3. The van der Waals surface area contributed by atoms with Gasteiger partial charge in [-0.25, -0.2) is 14.6 Å². The second kappa shape index (κ2) is 8.37. The molecule has 8 nitrogen and oxygen atoms in total. The molecule has 4 rings (SSSR count). The van der Waals surface area contributed by atoms with Gasteiger partial charge in [-0.05, 0) is 63.1 Å². The molecule has 0 fully saturated rings. The number of carbonyl (C=O) groups excluding carboxylic acids is 1. The van der Waals surface area contributed by atoms with E-state index < -0.39 is 11.6 Å². The van der Waals surface area contributed by atoms with Crippen LogP contribution in [0.25, 0.3) is 16.6 Å². The topological polar surface area (TPSA) is 108 Å². The first-order valence-electron chi connectivity index (χ1n) is 10.4. The van der Waals surface area contributed by atoms with Crippen molar-refractivity contribution in [2.75, 3.05) is 18.4 Å². The molecule has 3 heterocycles. The molecule has 3 aromatic rings. The number of nitrogens with zero attached hydrogens (tertiary/aromatic N) is 2. The fraction of sp³-hybridized carbons (Fsp3) is 0.292. The van der Waals surface area contributed by atoms with E-state index in [4.69, 9.17) is 4.74 Å². The summed E-state index contributed by atoms with van der Waals surface area (Å²) in [6, 6.07) is 10.6. The Balaban J connectivity index is 1.54. The summed E-state index contributed by atoms with van der Waals surface area (Å²) < 4.78 is 5.46. The number of H-pyrrole nitrogens is 1. The third kappa shape index (κ3) is 4.74. The molecule has 0 aliphatic carbocycles. The van der Waals surface area contributed by atoms with E-state index >= 15 is 0 Å². The zero-order valence-electron chi connectivity index (χ0n) is 18.3. The van der Waals surface area contributed by atoms with Gasteiger partial charge >= 0.3 is 12.1 Å². The third-order valence-electron chi connectivity index (χ3n) is 5.13. The van der Waals surface area contributed by atoms with Gasteiger partial charge in [0.1, 0.15) is 11.2 Å². The van der Waals surface area contributed by atoms with Crippen LogP contribution in [0.15, 0.2) is 48.7 Å². The van der Waals surface area contributed by atoms with E-state index in [9.17, 15) is 14.7 Å². The molecular weight excluding hydrogens is 408 g/mol. The van der Waals surface area contributed by atoms with Crippen LogP contribution < -0.4 is 5.32 Å². The predicted molar refractivity (Wildman–Crippen MR) is 123 cm³/mol. The monoisotopic (exact) mass is 434 g/mol. The van der Waals surface area contributed by atoms with Gasteiger partial charge in [-0.15, -0.1) is 0 Å². The van der Waals surface area contributed by atoms with Crippen molar-refractivity contribution in [3.05, 3.63) is 59.9 Å². The van der Waals surface area contributed by atoms with E-state index in [1.165, 1.54) is 0 Å². The van der Waals surface area contributed by atoms with Crippen LogP contribution in [0.3, 0.4) is 0 Å². The Labute approximate surface area is 185 Å². The third-order valence-corrected chi connectivity index (χ3v) is 5.13. The second-order valence-electron chi connectivity index (χ2n) is 8.72. The van der Waals surface area contributed by atoms with Gasteiger partial charge in [-0.3, -0.25) is 0 Å². The summed E-state index contributed by atoms with van der Waals surface area (Å²) >= 11 is 0. The van der Waals surface area contributed by atoms with Crippen LogP contribution in [-0.2, 0) is 4.74 Å². The highest BCUT2D eigenvalue weighted by atomic mass is 16.6. The minimum Gasteiger partial charge on any atom is -0.478 e. The number of aromatic nitrogens is 2. The molecule has 166 valence electrons. The molecular formula is C24H26N4O4. The van der Waals surface area contributed by atoms with Crippen molar-refractivity contribution in [2.24, 2.45) is 0 Å². The molecule has 1 aliphatic heterocycles. The number of aromatic carboxylic acids is 1. The first kappa shape index (κ1) is 21.4. The molecule has 3 N–H and O–H groups in total. The number of fused-ring (bicyclic) bond motifs is 1. The molecule has 1 amide bonds. The van der Waals surface area contributed by atoms with Gasteiger partial charge in [0.2, 0.25) is 0 Å². The van der Waals surface area contributed by atoms with Gasteiger partial charge in [0.15, 0.2) is 0 Å². The molecule has 0 saturated heterocycles. The number of pyridine rings is 1. The van der Waals surface area contributed by atoms with Crippen LogP contribution >= 0.6 is 0 Å². The number of benzene rings is 1. The fourth-order valence-electron chi connectivity index (χ4n) is 3.60. The number of hydrogen-bond acceptors (Lipinski definition) is 5. The quantitative estimate of drug-likeness (QED) is 0.532. The van der Waals surface area contributed by atoms with E-state index in [0.29, 0.717) is 25.2 Å². The number of anilines is 2. The minimum absolute atomic E-state index is 0.219. The van der Waals surface area contributed by atoms with Crippen molar-refractivity contribution in [3.8, 4) is 0 Å². The summed E-state index contributed by atoms with van der Waals surface area (Å²) in [7, 11) is 0. The van der Waals surface area contributed by atoms with E-state index in [2.05, 4.69) is 15.3 Å². The summed E-state index contributed by atoms with van der Waals surface area (Å²) in [5.74, 6) is -0.970. The number of carboxylic acid groups (broad SMARTS) is 1. The molecule has 1 aliphatic rings.